The van der Waals surface area contributed by atoms with Crippen molar-refractivity contribution >= 4 is 38.3 Å². The van der Waals surface area contributed by atoms with Gasteiger partial charge in [0.2, 0.25) is 0 Å². The lowest BCUT2D eigenvalue weighted by Crippen LogP contribution is -2.08. The van der Waals surface area contributed by atoms with Gasteiger partial charge in [0.15, 0.2) is 5.13 Å². The zero-order chi connectivity index (χ0) is 16.1. The van der Waals surface area contributed by atoms with Crippen LogP contribution < -0.4 is 5.32 Å². The summed E-state index contributed by atoms with van der Waals surface area (Å²) in [6.07, 6.45) is 1.14. The fourth-order valence-corrected chi connectivity index (χ4v) is 3.16. The highest BCUT2D eigenvalue weighted by Crippen LogP contribution is 2.29. The first-order chi connectivity index (χ1) is 11.2. The molecule has 0 fully saturated rings. The Balaban J connectivity index is 1.74. The lowest BCUT2D eigenvalue weighted by Gasteiger charge is -2.02. The average molecular weight is 326 g/mol. The van der Waals surface area contributed by atoms with Gasteiger partial charge in [-0.15, -0.1) is 0 Å². The Morgan fingerprint density at radius 2 is 2.04 bits per heavy atom. The topological polar surface area (TPSA) is 51.2 Å². The lowest BCUT2D eigenvalue weighted by atomic mass is 10.1. The number of carbonyl (C=O) groups excluding carboxylic acids is 1. The van der Waals surface area contributed by atoms with Crippen molar-refractivity contribution in [1.82, 2.24) is 4.98 Å². The van der Waals surface area contributed by atoms with Crippen molar-refractivity contribution in [3.63, 3.8) is 0 Å². The molecule has 1 aromatic heterocycles. The Bertz CT molecular complexity index is 799. The molecule has 23 heavy (non-hydrogen) atoms. The SMILES string of the molecule is CCCOC(=O)Cc1ccc2nc(Nc3ccccc3)sc2c1. The molecule has 0 amide bonds. The molecule has 0 radical (unpaired) electrons. The monoisotopic (exact) mass is 326 g/mol. The van der Waals surface area contributed by atoms with Crippen molar-refractivity contribution in [2.45, 2.75) is 19.8 Å². The van der Waals surface area contributed by atoms with Crippen molar-refractivity contribution < 1.29 is 9.53 Å². The number of thiazole rings is 1. The molecule has 3 rings (SSSR count). The van der Waals surface area contributed by atoms with Crippen molar-refractivity contribution in [3.05, 3.63) is 54.1 Å². The number of hydrogen-bond acceptors (Lipinski definition) is 5. The number of anilines is 2. The van der Waals surface area contributed by atoms with E-state index in [0.717, 1.165) is 33.0 Å². The molecule has 1 heterocycles. The summed E-state index contributed by atoms with van der Waals surface area (Å²) in [6, 6.07) is 15.8. The third kappa shape index (κ3) is 4.07. The largest absolute Gasteiger partial charge is 0.465 e. The van der Waals surface area contributed by atoms with E-state index in [1.165, 1.54) is 0 Å². The number of nitrogens with one attached hydrogen (secondary N) is 1. The molecule has 0 saturated carbocycles. The van der Waals surface area contributed by atoms with Crippen LogP contribution in [0, 0.1) is 0 Å². The maximum atomic E-state index is 11.7. The fraction of sp³-hybridized carbons (Fsp3) is 0.222. The van der Waals surface area contributed by atoms with E-state index >= 15 is 0 Å². The molecule has 0 bridgehead atoms. The van der Waals surface area contributed by atoms with Gasteiger partial charge in [0, 0.05) is 5.69 Å². The van der Waals surface area contributed by atoms with Gasteiger partial charge in [-0.25, -0.2) is 4.98 Å². The summed E-state index contributed by atoms with van der Waals surface area (Å²) in [5, 5.41) is 4.14. The van der Waals surface area contributed by atoms with Crippen LogP contribution in [0.25, 0.3) is 10.2 Å². The molecule has 0 aliphatic heterocycles. The van der Waals surface area contributed by atoms with Crippen molar-refractivity contribution in [3.8, 4) is 0 Å². The molecule has 1 N–H and O–H groups in total. The van der Waals surface area contributed by atoms with Gasteiger partial charge in [0.25, 0.3) is 0 Å². The summed E-state index contributed by atoms with van der Waals surface area (Å²) in [6.45, 7) is 2.46. The first kappa shape index (κ1) is 15.5. The van der Waals surface area contributed by atoms with Crippen molar-refractivity contribution in [2.24, 2.45) is 0 Å². The Hall–Kier alpha value is -2.40. The minimum Gasteiger partial charge on any atom is -0.465 e. The number of hydrogen-bond donors (Lipinski definition) is 1. The van der Waals surface area contributed by atoms with Crippen LogP contribution in [0.5, 0.6) is 0 Å². The zero-order valence-electron chi connectivity index (χ0n) is 12.9. The number of fused-ring (bicyclic) bond motifs is 1. The van der Waals surface area contributed by atoms with Crippen LogP contribution in [0.15, 0.2) is 48.5 Å². The molecule has 0 aliphatic rings. The van der Waals surface area contributed by atoms with Gasteiger partial charge in [-0.3, -0.25) is 4.79 Å². The first-order valence-electron chi connectivity index (χ1n) is 7.62. The number of ether oxygens (including phenoxy) is 1. The van der Waals surface area contributed by atoms with Gasteiger partial charge in [-0.05, 0) is 36.2 Å². The van der Waals surface area contributed by atoms with Crippen LogP contribution in [-0.4, -0.2) is 17.6 Å². The van der Waals surface area contributed by atoms with Gasteiger partial charge >= 0.3 is 5.97 Å². The van der Waals surface area contributed by atoms with E-state index in [9.17, 15) is 4.79 Å². The van der Waals surface area contributed by atoms with Crippen LogP contribution in [0.4, 0.5) is 10.8 Å². The Labute approximate surface area is 139 Å². The number of benzene rings is 2. The van der Waals surface area contributed by atoms with Crippen LogP contribution in [-0.2, 0) is 16.0 Å². The molecule has 0 aliphatic carbocycles. The normalized spacial score (nSPS) is 10.7. The van der Waals surface area contributed by atoms with Crippen molar-refractivity contribution in [1.29, 1.82) is 0 Å². The Morgan fingerprint density at radius 3 is 2.83 bits per heavy atom. The fourth-order valence-electron chi connectivity index (χ4n) is 2.21. The maximum absolute atomic E-state index is 11.7. The highest BCUT2D eigenvalue weighted by atomic mass is 32.1. The zero-order valence-corrected chi connectivity index (χ0v) is 13.7. The van der Waals surface area contributed by atoms with Crippen LogP contribution in [0.2, 0.25) is 0 Å². The average Bonchev–Trinajstić information content (AvgIpc) is 2.95. The van der Waals surface area contributed by atoms with Crippen LogP contribution in [0.1, 0.15) is 18.9 Å². The molecule has 0 spiro atoms. The van der Waals surface area contributed by atoms with E-state index in [0.29, 0.717) is 13.0 Å². The third-order valence-corrected chi connectivity index (χ3v) is 4.23. The van der Waals surface area contributed by atoms with Gasteiger partial charge < -0.3 is 10.1 Å². The number of para-hydroxylation sites is 1. The molecule has 0 atom stereocenters. The smallest absolute Gasteiger partial charge is 0.310 e. The first-order valence-corrected chi connectivity index (χ1v) is 8.43. The lowest BCUT2D eigenvalue weighted by molar-refractivity contribution is -0.142. The molecule has 3 aromatic rings. The van der Waals surface area contributed by atoms with E-state index in [4.69, 9.17) is 4.74 Å². The summed E-state index contributed by atoms with van der Waals surface area (Å²) in [5.41, 5.74) is 2.89. The second-order valence-electron chi connectivity index (χ2n) is 5.21. The maximum Gasteiger partial charge on any atom is 0.310 e. The van der Waals surface area contributed by atoms with Gasteiger partial charge in [0.05, 0.1) is 23.2 Å². The standard InChI is InChI=1S/C18H18N2O2S/c1-2-10-22-17(21)12-13-8-9-15-16(11-13)23-18(20-15)19-14-6-4-3-5-7-14/h3-9,11H,2,10,12H2,1H3,(H,19,20). The van der Waals surface area contributed by atoms with Crippen LogP contribution in [0.3, 0.4) is 0 Å². The number of esters is 1. The summed E-state index contributed by atoms with van der Waals surface area (Å²) >= 11 is 1.58. The number of rotatable bonds is 6. The highest BCUT2D eigenvalue weighted by Gasteiger charge is 2.08. The number of nitrogens with zero attached hydrogens (tertiary/aromatic N) is 1. The summed E-state index contributed by atoms with van der Waals surface area (Å²) < 4.78 is 6.19. The van der Waals surface area contributed by atoms with E-state index < -0.39 is 0 Å². The molecule has 5 heteroatoms. The van der Waals surface area contributed by atoms with E-state index in [2.05, 4.69) is 10.3 Å². The minimum absolute atomic E-state index is 0.182. The molecular weight excluding hydrogens is 308 g/mol. The molecule has 2 aromatic carbocycles. The third-order valence-electron chi connectivity index (χ3n) is 3.29. The van der Waals surface area contributed by atoms with E-state index in [1.807, 2.05) is 55.5 Å². The second-order valence-corrected chi connectivity index (χ2v) is 6.24. The minimum atomic E-state index is -0.182. The van der Waals surface area contributed by atoms with Crippen molar-refractivity contribution in [2.75, 3.05) is 11.9 Å². The molecule has 4 nitrogen and oxygen atoms in total. The van der Waals surface area contributed by atoms with Gasteiger partial charge in [0.1, 0.15) is 0 Å². The molecule has 0 saturated heterocycles. The quantitative estimate of drug-likeness (QED) is 0.676. The van der Waals surface area contributed by atoms with Crippen LogP contribution >= 0.6 is 11.3 Å². The van der Waals surface area contributed by atoms with Gasteiger partial charge in [-0.1, -0.05) is 42.5 Å². The van der Waals surface area contributed by atoms with Gasteiger partial charge in [-0.2, -0.15) is 0 Å². The summed E-state index contributed by atoms with van der Waals surface area (Å²) in [5.74, 6) is -0.182. The van der Waals surface area contributed by atoms with E-state index in [1.54, 1.807) is 11.3 Å². The predicted molar refractivity (Wildman–Crippen MR) is 94.3 cm³/mol. The molecule has 0 unspecified atom stereocenters. The Morgan fingerprint density at radius 1 is 1.22 bits per heavy atom. The predicted octanol–water partition coefficient (Wildman–Crippen LogP) is 4.54. The molecule has 118 valence electrons. The highest BCUT2D eigenvalue weighted by molar-refractivity contribution is 7.22. The number of carbonyl (C=O) groups is 1. The summed E-state index contributed by atoms with van der Waals surface area (Å²) in [7, 11) is 0. The Kier molecular flexibility index (Phi) is 4.88. The van der Waals surface area contributed by atoms with E-state index in [-0.39, 0.29) is 5.97 Å². The number of aromatic nitrogens is 1. The molecular formula is C18H18N2O2S. The second kappa shape index (κ2) is 7.24. The summed E-state index contributed by atoms with van der Waals surface area (Å²) in [4.78, 5) is 16.3.